The van der Waals surface area contributed by atoms with Gasteiger partial charge in [-0.05, 0) is 12.1 Å². The van der Waals surface area contributed by atoms with Crippen molar-refractivity contribution in [3.8, 4) is 12.1 Å². The third-order valence-electron chi connectivity index (χ3n) is 3.79. The average molecular weight is 277 g/mol. The van der Waals surface area contributed by atoms with Crippen molar-refractivity contribution in [3.63, 3.8) is 0 Å². The molecule has 21 heavy (non-hydrogen) atoms. The van der Waals surface area contributed by atoms with Gasteiger partial charge in [0.2, 0.25) is 0 Å². The zero-order valence-corrected chi connectivity index (χ0v) is 11.7. The van der Waals surface area contributed by atoms with Crippen LogP contribution in [0.3, 0.4) is 0 Å². The molecule has 0 aliphatic carbocycles. The summed E-state index contributed by atoms with van der Waals surface area (Å²) in [6.45, 7) is 3.70. The maximum atomic E-state index is 9.37. The van der Waals surface area contributed by atoms with E-state index in [0.29, 0.717) is 12.1 Å². The number of fused-ring (bicyclic) bond motifs is 1. The van der Waals surface area contributed by atoms with Crippen molar-refractivity contribution < 1.29 is 0 Å². The molecule has 5 heteroatoms. The summed E-state index contributed by atoms with van der Waals surface area (Å²) in [5.41, 5.74) is 1.52. The lowest BCUT2D eigenvalue weighted by atomic mass is 10.1. The van der Waals surface area contributed by atoms with Crippen LogP contribution in [0.2, 0.25) is 0 Å². The molecule has 0 atom stereocenters. The molecular weight excluding hydrogens is 262 g/mol. The molecule has 1 fully saturated rings. The molecule has 1 aromatic carbocycles. The summed E-state index contributed by atoms with van der Waals surface area (Å²) in [7, 11) is 0. The lowest BCUT2D eigenvalue weighted by Gasteiger charge is -2.34. The Kier molecular flexibility index (Phi) is 3.68. The number of benzene rings is 1. The number of anilines is 1. The summed E-state index contributed by atoms with van der Waals surface area (Å²) in [6.07, 6.45) is 0. The summed E-state index contributed by atoms with van der Waals surface area (Å²) >= 11 is 0. The zero-order chi connectivity index (χ0) is 14.7. The van der Waals surface area contributed by atoms with Crippen LogP contribution >= 0.6 is 0 Å². The summed E-state index contributed by atoms with van der Waals surface area (Å²) in [5.74, 6) is 0.757. The van der Waals surface area contributed by atoms with Gasteiger partial charge in [-0.2, -0.15) is 10.5 Å². The van der Waals surface area contributed by atoms with Gasteiger partial charge in [0.25, 0.3) is 0 Å². The van der Waals surface area contributed by atoms with Gasteiger partial charge in [0, 0.05) is 31.6 Å². The van der Waals surface area contributed by atoms with Crippen LogP contribution in [-0.4, -0.2) is 42.6 Å². The molecule has 3 rings (SSSR count). The van der Waals surface area contributed by atoms with E-state index in [1.165, 1.54) is 0 Å². The Labute approximate surface area is 123 Å². The number of nitriles is 2. The minimum absolute atomic E-state index is 0.462. The highest BCUT2D eigenvalue weighted by Gasteiger charge is 2.20. The zero-order valence-electron chi connectivity index (χ0n) is 11.7. The van der Waals surface area contributed by atoms with E-state index in [1.807, 2.05) is 30.3 Å². The number of rotatable bonds is 2. The van der Waals surface area contributed by atoms with Gasteiger partial charge in [0.05, 0.1) is 23.7 Å². The van der Waals surface area contributed by atoms with E-state index < -0.39 is 0 Å². The fourth-order valence-corrected chi connectivity index (χ4v) is 2.65. The standard InChI is InChI=1S/C16H15N5/c17-5-6-20-7-9-21(10-8-20)16-14(12-18)11-13-3-1-2-4-15(13)19-16/h1-4,11H,6-10H2. The average Bonchev–Trinajstić information content (AvgIpc) is 2.54. The van der Waals surface area contributed by atoms with Crippen molar-refractivity contribution >= 4 is 16.7 Å². The number of piperazine rings is 1. The van der Waals surface area contributed by atoms with E-state index in [-0.39, 0.29) is 0 Å². The number of nitrogens with zero attached hydrogens (tertiary/aromatic N) is 5. The van der Waals surface area contributed by atoms with Crippen molar-refractivity contribution in [1.29, 1.82) is 10.5 Å². The second-order valence-corrected chi connectivity index (χ2v) is 5.09. The number of hydrogen-bond donors (Lipinski definition) is 0. The van der Waals surface area contributed by atoms with Crippen LogP contribution in [0.1, 0.15) is 5.56 Å². The minimum atomic E-state index is 0.462. The molecule has 0 amide bonds. The van der Waals surface area contributed by atoms with Gasteiger partial charge < -0.3 is 4.90 Å². The highest BCUT2D eigenvalue weighted by atomic mass is 15.3. The predicted octanol–water partition coefficient (Wildman–Crippen LogP) is 1.75. The molecule has 0 radical (unpaired) electrons. The fraction of sp³-hybridized carbons (Fsp3) is 0.312. The molecular formula is C16H15N5. The van der Waals surface area contributed by atoms with Gasteiger partial charge in [-0.3, -0.25) is 4.90 Å². The van der Waals surface area contributed by atoms with E-state index in [0.717, 1.165) is 42.9 Å². The first-order valence-electron chi connectivity index (χ1n) is 6.96. The van der Waals surface area contributed by atoms with Crippen LogP contribution in [0.4, 0.5) is 5.82 Å². The Morgan fingerprint density at radius 3 is 2.57 bits per heavy atom. The maximum absolute atomic E-state index is 9.37. The molecule has 1 aliphatic heterocycles. The fourth-order valence-electron chi connectivity index (χ4n) is 2.65. The molecule has 1 saturated heterocycles. The third kappa shape index (κ3) is 2.65. The second kappa shape index (κ2) is 5.78. The summed E-state index contributed by atoms with van der Waals surface area (Å²) in [5, 5.41) is 19.1. The van der Waals surface area contributed by atoms with Crippen LogP contribution in [0.5, 0.6) is 0 Å². The summed E-state index contributed by atoms with van der Waals surface area (Å²) < 4.78 is 0. The maximum Gasteiger partial charge on any atom is 0.147 e. The van der Waals surface area contributed by atoms with Crippen LogP contribution in [0, 0.1) is 22.7 Å². The van der Waals surface area contributed by atoms with Crippen LogP contribution in [0.25, 0.3) is 10.9 Å². The van der Waals surface area contributed by atoms with Crippen LogP contribution in [-0.2, 0) is 0 Å². The van der Waals surface area contributed by atoms with Crippen LogP contribution < -0.4 is 4.90 Å². The molecule has 2 heterocycles. The van der Waals surface area contributed by atoms with Gasteiger partial charge in [0.15, 0.2) is 0 Å². The Morgan fingerprint density at radius 1 is 1.10 bits per heavy atom. The van der Waals surface area contributed by atoms with Gasteiger partial charge in [-0.15, -0.1) is 0 Å². The molecule has 0 bridgehead atoms. The van der Waals surface area contributed by atoms with Crippen LogP contribution in [0.15, 0.2) is 30.3 Å². The number of pyridine rings is 1. The van der Waals surface area contributed by atoms with E-state index >= 15 is 0 Å². The van der Waals surface area contributed by atoms with Crippen molar-refractivity contribution in [1.82, 2.24) is 9.88 Å². The van der Waals surface area contributed by atoms with Gasteiger partial charge in [0.1, 0.15) is 11.9 Å². The molecule has 2 aromatic rings. The Hall–Kier alpha value is -2.63. The predicted molar refractivity (Wildman–Crippen MR) is 80.7 cm³/mol. The van der Waals surface area contributed by atoms with Gasteiger partial charge in [-0.25, -0.2) is 4.98 Å². The first-order chi connectivity index (χ1) is 10.3. The first kappa shape index (κ1) is 13.4. The van der Waals surface area contributed by atoms with E-state index in [9.17, 15) is 5.26 Å². The first-order valence-corrected chi connectivity index (χ1v) is 6.96. The molecule has 1 aromatic heterocycles. The normalized spacial score (nSPS) is 15.6. The minimum Gasteiger partial charge on any atom is -0.353 e. The smallest absolute Gasteiger partial charge is 0.147 e. The van der Waals surface area contributed by atoms with Crippen molar-refractivity contribution in [2.75, 3.05) is 37.6 Å². The van der Waals surface area contributed by atoms with E-state index in [1.54, 1.807) is 0 Å². The highest BCUT2D eigenvalue weighted by Crippen LogP contribution is 2.23. The molecule has 5 nitrogen and oxygen atoms in total. The Morgan fingerprint density at radius 2 is 1.86 bits per heavy atom. The monoisotopic (exact) mass is 277 g/mol. The lowest BCUT2D eigenvalue weighted by Crippen LogP contribution is -2.47. The number of hydrogen-bond acceptors (Lipinski definition) is 5. The molecule has 0 spiro atoms. The SMILES string of the molecule is N#CCN1CCN(c2nc3ccccc3cc2C#N)CC1. The number of aromatic nitrogens is 1. The Bertz CT molecular complexity index is 732. The van der Waals surface area contributed by atoms with Gasteiger partial charge in [-0.1, -0.05) is 18.2 Å². The van der Waals surface area contributed by atoms with Crippen molar-refractivity contribution in [2.24, 2.45) is 0 Å². The second-order valence-electron chi connectivity index (χ2n) is 5.09. The largest absolute Gasteiger partial charge is 0.353 e. The van der Waals surface area contributed by atoms with Gasteiger partial charge >= 0.3 is 0 Å². The van der Waals surface area contributed by atoms with Crippen molar-refractivity contribution in [3.05, 3.63) is 35.9 Å². The Balaban J connectivity index is 1.90. The van der Waals surface area contributed by atoms with E-state index in [4.69, 9.17) is 5.26 Å². The molecule has 0 unspecified atom stereocenters. The molecule has 1 aliphatic rings. The topological polar surface area (TPSA) is 67.0 Å². The van der Waals surface area contributed by atoms with Crippen molar-refractivity contribution in [2.45, 2.75) is 0 Å². The lowest BCUT2D eigenvalue weighted by molar-refractivity contribution is 0.286. The van der Waals surface area contributed by atoms with E-state index in [2.05, 4.69) is 26.9 Å². The molecule has 0 saturated carbocycles. The summed E-state index contributed by atoms with van der Waals surface area (Å²) in [4.78, 5) is 8.91. The highest BCUT2D eigenvalue weighted by molar-refractivity contribution is 5.83. The molecule has 0 N–H and O–H groups in total. The third-order valence-corrected chi connectivity index (χ3v) is 3.79. The molecule has 104 valence electrons. The summed E-state index contributed by atoms with van der Waals surface area (Å²) in [6, 6.07) is 14.2. The quantitative estimate of drug-likeness (QED) is 0.782. The number of para-hydroxylation sites is 1.